The van der Waals surface area contributed by atoms with Gasteiger partial charge in [0, 0.05) is 36.2 Å². The fraction of sp³-hybridized carbons (Fsp3) is 0.500. The number of carbonyl (C=O) groups excluding carboxylic acids is 1. The van der Waals surface area contributed by atoms with E-state index in [9.17, 15) is 18.0 Å². The van der Waals surface area contributed by atoms with E-state index < -0.39 is 12.6 Å². The van der Waals surface area contributed by atoms with Crippen LogP contribution < -0.4 is 10.6 Å². The van der Waals surface area contributed by atoms with Crippen molar-refractivity contribution in [1.82, 2.24) is 5.32 Å². The minimum absolute atomic E-state index is 0.127. The molecule has 21 heavy (non-hydrogen) atoms. The second-order valence-electron chi connectivity index (χ2n) is 4.97. The molecular formula is C14H17F3N2OS. The van der Waals surface area contributed by atoms with Crippen LogP contribution in [-0.2, 0) is 11.2 Å². The molecule has 0 aromatic heterocycles. The van der Waals surface area contributed by atoms with Crippen molar-refractivity contribution in [3.63, 3.8) is 0 Å². The normalized spacial score (nSPS) is 19.3. The molecule has 0 bridgehead atoms. The summed E-state index contributed by atoms with van der Waals surface area (Å²) < 4.78 is 37.0. The molecule has 1 saturated heterocycles. The summed E-state index contributed by atoms with van der Waals surface area (Å²) in [7, 11) is 0. The predicted octanol–water partition coefficient (Wildman–Crippen LogP) is 2.83. The van der Waals surface area contributed by atoms with Crippen LogP contribution >= 0.6 is 11.8 Å². The van der Waals surface area contributed by atoms with Crippen LogP contribution in [0.15, 0.2) is 24.3 Å². The van der Waals surface area contributed by atoms with Gasteiger partial charge in [-0.3, -0.25) is 4.79 Å². The van der Waals surface area contributed by atoms with Gasteiger partial charge in [0.25, 0.3) is 0 Å². The minimum atomic E-state index is -4.24. The molecule has 2 N–H and O–H groups in total. The lowest BCUT2D eigenvalue weighted by molar-refractivity contribution is -0.127. The Morgan fingerprint density at radius 3 is 2.90 bits per heavy atom. The van der Waals surface area contributed by atoms with Gasteiger partial charge in [0.05, 0.1) is 6.42 Å². The topological polar surface area (TPSA) is 41.1 Å². The van der Waals surface area contributed by atoms with Crippen molar-refractivity contribution in [3.8, 4) is 0 Å². The van der Waals surface area contributed by atoms with Crippen LogP contribution in [0.3, 0.4) is 0 Å². The largest absolute Gasteiger partial charge is 0.393 e. The molecule has 1 fully saturated rings. The fourth-order valence-corrected chi connectivity index (χ4v) is 3.13. The van der Waals surface area contributed by atoms with Gasteiger partial charge < -0.3 is 10.6 Å². The first-order chi connectivity index (χ1) is 9.92. The number of thioether (sulfide) groups is 1. The van der Waals surface area contributed by atoms with Crippen LogP contribution in [0.5, 0.6) is 0 Å². The molecule has 1 atom stereocenters. The Morgan fingerprint density at radius 2 is 2.24 bits per heavy atom. The molecule has 0 radical (unpaired) electrons. The van der Waals surface area contributed by atoms with Crippen molar-refractivity contribution in [2.24, 2.45) is 0 Å². The summed E-state index contributed by atoms with van der Waals surface area (Å²) in [6.45, 7) is 0.879. The van der Waals surface area contributed by atoms with Crippen LogP contribution in [0.4, 0.5) is 18.9 Å². The van der Waals surface area contributed by atoms with Crippen molar-refractivity contribution >= 4 is 23.4 Å². The number of nitrogens with one attached hydrogen (secondary N) is 2. The molecule has 0 aliphatic carbocycles. The Kier molecular flexibility index (Phi) is 5.52. The minimum Gasteiger partial charge on any atom is -0.326 e. The van der Waals surface area contributed by atoms with Gasteiger partial charge in [-0.15, -0.1) is 0 Å². The second-order valence-corrected chi connectivity index (χ2v) is 6.12. The van der Waals surface area contributed by atoms with Gasteiger partial charge in [0.15, 0.2) is 0 Å². The summed E-state index contributed by atoms with van der Waals surface area (Å²) in [6, 6.07) is 6.02. The maximum Gasteiger partial charge on any atom is 0.393 e. The average Bonchev–Trinajstić information content (AvgIpc) is 2.38. The Hall–Kier alpha value is -1.21. The predicted molar refractivity (Wildman–Crippen MR) is 78.6 cm³/mol. The highest BCUT2D eigenvalue weighted by Crippen LogP contribution is 2.23. The lowest BCUT2D eigenvalue weighted by Gasteiger charge is -2.22. The van der Waals surface area contributed by atoms with Crippen molar-refractivity contribution in [3.05, 3.63) is 29.8 Å². The number of halogens is 3. The summed E-state index contributed by atoms with van der Waals surface area (Å²) in [5.41, 5.74) is 0.553. The highest BCUT2D eigenvalue weighted by molar-refractivity contribution is 7.99. The maximum absolute atomic E-state index is 12.3. The average molecular weight is 318 g/mol. The van der Waals surface area contributed by atoms with Gasteiger partial charge in [0.2, 0.25) is 5.91 Å². The molecule has 0 spiro atoms. The highest BCUT2D eigenvalue weighted by atomic mass is 32.2. The van der Waals surface area contributed by atoms with Crippen molar-refractivity contribution in [2.75, 3.05) is 23.4 Å². The first-order valence-electron chi connectivity index (χ1n) is 6.69. The van der Waals surface area contributed by atoms with E-state index in [1.807, 2.05) is 0 Å². The Morgan fingerprint density at radius 1 is 1.43 bits per heavy atom. The first kappa shape index (κ1) is 16.2. The monoisotopic (exact) mass is 318 g/mol. The summed E-state index contributed by atoms with van der Waals surface area (Å²) in [6.07, 6.45) is -4.90. The molecule has 3 nitrogen and oxygen atoms in total. The van der Waals surface area contributed by atoms with E-state index in [0.717, 1.165) is 18.1 Å². The maximum atomic E-state index is 12.3. The van der Waals surface area contributed by atoms with E-state index in [2.05, 4.69) is 10.6 Å². The standard InChI is InChI=1S/C14H17F3N2OS/c15-14(16,17)8-10-2-1-3-11(6-10)19-13(20)7-12-9-21-5-4-18-12/h1-3,6,12,18H,4-5,7-9H2,(H,19,20). The molecule has 1 aromatic carbocycles. The zero-order valence-corrected chi connectivity index (χ0v) is 12.2. The van der Waals surface area contributed by atoms with E-state index >= 15 is 0 Å². The van der Waals surface area contributed by atoms with Crippen molar-refractivity contribution in [1.29, 1.82) is 0 Å². The van der Waals surface area contributed by atoms with Gasteiger partial charge in [-0.05, 0) is 17.7 Å². The third kappa shape index (κ3) is 5.97. The number of anilines is 1. The van der Waals surface area contributed by atoms with Gasteiger partial charge in [-0.2, -0.15) is 24.9 Å². The Labute approximate surface area is 125 Å². The highest BCUT2D eigenvalue weighted by Gasteiger charge is 2.27. The number of carbonyl (C=O) groups is 1. The van der Waals surface area contributed by atoms with E-state index in [1.54, 1.807) is 17.8 Å². The smallest absolute Gasteiger partial charge is 0.326 e. The molecule has 7 heteroatoms. The van der Waals surface area contributed by atoms with Crippen molar-refractivity contribution < 1.29 is 18.0 Å². The number of hydrogen-bond acceptors (Lipinski definition) is 3. The summed E-state index contributed by atoms with van der Waals surface area (Å²) in [5.74, 6) is 1.73. The molecule has 1 aromatic rings. The molecule has 2 rings (SSSR count). The van der Waals surface area contributed by atoms with E-state index in [1.165, 1.54) is 18.2 Å². The zero-order chi connectivity index (χ0) is 15.3. The first-order valence-corrected chi connectivity index (χ1v) is 7.84. The summed E-state index contributed by atoms with van der Waals surface area (Å²) in [4.78, 5) is 11.9. The quantitative estimate of drug-likeness (QED) is 0.897. The number of hydrogen-bond donors (Lipinski definition) is 2. The number of rotatable bonds is 4. The molecule has 1 aliphatic heterocycles. The molecule has 1 unspecified atom stereocenters. The lowest BCUT2D eigenvalue weighted by Crippen LogP contribution is -2.39. The van der Waals surface area contributed by atoms with Crippen LogP contribution in [0.1, 0.15) is 12.0 Å². The Bertz CT molecular complexity index is 487. The molecule has 1 aliphatic rings. The van der Waals surface area contributed by atoms with Crippen LogP contribution in [0, 0.1) is 0 Å². The lowest BCUT2D eigenvalue weighted by atomic mass is 10.1. The number of benzene rings is 1. The SMILES string of the molecule is O=C(CC1CSCCN1)Nc1cccc(CC(F)(F)F)c1. The Balaban J connectivity index is 1.89. The molecular weight excluding hydrogens is 301 g/mol. The van der Waals surface area contributed by atoms with Crippen LogP contribution in [0.25, 0.3) is 0 Å². The molecule has 116 valence electrons. The third-order valence-corrected chi connectivity index (χ3v) is 4.18. The number of alkyl halides is 3. The van der Waals surface area contributed by atoms with Gasteiger partial charge in [0.1, 0.15) is 0 Å². The van der Waals surface area contributed by atoms with Crippen LogP contribution in [-0.4, -0.2) is 36.2 Å². The molecule has 1 heterocycles. The zero-order valence-electron chi connectivity index (χ0n) is 11.4. The van der Waals surface area contributed by atoms with E-state index in [0.29, 0.717) is 12.1 Å². The third-order valence-electron chi connectivity index (χ3n) is 3.05. The number of amides is 1. The second kappa shape index (κ2) is 7.17. The molecule has 1 amide bonds. The summed E-state index contributed by atoms with van der Waals surface area (Å²) in [5, 5.41) is 5.91. The van der Waals surface area contributed by atoms with E-state index in [-0.39, 0.29) is 17.5 Å². The van der Waals surface area contributed by atoms with Gasteiger partial charge >= 0.3 is 6.18 Å². The molecule has 0 saturated carbocycles. The van der Waals surface area contributed by atoms with Crippen LogP contribution in [0.2, 0.25) is 0 Å². The fourth-order valence-electron chi connectivity index (χ4n) is 2.18. The van der Waals surface area contributed by atoms with Gasteiger partial charge in [-0.1, -0.05) is 12.1 Å². The summed E-state index contributed by atoms with van der Waals surface area (Å²) >= 11 is 1.79. The van der Waals surface area contributed by atoms with Crippen molar-refractivity contribution in [2.45, 2.75) is 25.1 Å². The van der Waals surface area contributed by atoms with Gasteiger partial charge in [-0.25, -0.2) is 0 Å². The van der Waals surface area contributed by atoms with E-state index in [4.69, 9.17) is 0 Å².